The normalized spacial score (nSPS) is 16.5. The Morgan fingerprint density at radius 3 is 2.61 bits per heavy atom. The lowest BCUT2D eigenvalue weighted by Crippen LogP contribution is -2.30. The second-order valence-corrected chi connectivity index (χ2v) is 7.35. The zero-order valence-electron chi connectivity index (χ0n) is 16.4. The maximum Gasteiger partial charge on any atom is 0.270 e. The summed E-state index contributed by atoms with van der Waals surface area (Å²) in [6.07, 6.45) is 0.944. The van der Waals surface area contributed by atoms with E-state index in [0.717, 1.165) is 23.4 Å². The molecule has 0 aliphatic carbocycles. The third-order valence-electron chi connectivity index (χ3n) is 5.14. The van der Waals surface area contributed by atoms with Gasteiger partial charge in [0.25, 0.3) is 5.91 Å². The SMILES string of the molecule is Cc1cc(C(=O)NC(C)c2ccccc2)nc(N2c3ccccc3CC2C)n1. The van der Waals surface area contributed by atoms with Gasteiger partial charge in [-0.15, -0.1) is 0 Å². The maximum atomic E-state index is 12.9. The van der Waals surface area contributed by atoms with E-state index in [2.05, 4.69) is 45.3 Å². The van der Waals surface area contributed by atoms with Crippen LogP contribution in [0.1, 0.15) is 47.2 Å². The van der Waals surface area contributed by atoms with Gasteiger partial charge in [0.2, 0.25) is 5.95 Å². The molecule has 1 aromatic heterocycles. The summed E-state index contributed by atoms with van der Waals surface area (Å²) >= 11 is 0. The van der Waals surface area contributed by atoms with Crippen molar-refractivity contribution in [3.8, 4) is 0 Å². The lowest BCUT2D eigenvalue weighted by molar-refractivity contribution is 0.0934. The van der Waals surface area contributed by atoms with Crippen LogP contribution in [0.4, 0.5) is 11.6 Å². The lowest BCUT2D eigenvalue weighted by Gasteiger charge is -2.23. The third kappa shape index (κ3) is 3.48. The van der Waals surface area contributed by atoms with Crippen molar-refractivity contribution in [1.82, 2.24) is 15.3 Å². The number of hydrogen-bond donors (Lipinski definition) is 1. The Morgan fingerprint density at radius 2 is 1.82 bits per heavy atom. The van der Waals surface area contributed by atoms with Gasteiger partial charge in [-0.25, -0.2) is 9.97 Å². The second-order valence-electron chi connectivity index (χ2n) is 7.35. The van der Waals surface area contributed by atoms with Gasteiger partial charge in [-0.3, -0.25) is 4.79 Å². The minimum absolute atomic E-state index is 0.0983. The van der Waals surface area contributed by atoms with E-state index in [1.807, 2.05) is 50.2 Å². The van der Waals surface area contributed by atoms with Gasteiger partial charge in [-0.2, -0.15) is 0 Å². The van der Waals surface area contributed by atoms with Crippen LogP contribution in [0, 0.1) is 6.92 Å². The maximum absolute atomic E-state index is 12.9. The smallest absolute Gasteiger partial charge is 0.270 e. The fourth-order valence-corrected chi connectivity index (χ4v) is 3.74. The molecular weight excluding hydrogens is 348 g/mol. The zero-order chi connectivity index (χ0) is 19.7. The summed E-state index contributed by atoms with van der Waals surface area (Å²) in [4.78, 5) is 24.2. The zero-order valence-corrected chi connectivity index (χ0v) is 16.4. The molecule has 2 aromatic carbocycles. The predicted molar refractivity (Wildman–Crippen MR) is 111 cm³/mol. The van der Waals surface area contributed by atoms with E-state index in [1.165, 1.54) is 5.56 Å². The van der Waals surface area contributed by atoms with Crippen molar-refractivity contribution in [1.29, 1.82) is 0 Å². The third-order valence-corrected chi connectivity index (χ3v) is 5.14. The second kappa shape index (κ2) is 7.43. The van der Waals surface area contributed by atoms with Crippen LogP contribution in [0.15, 0.2) is 60.7 Å². The van der Waals surface area contributed by atoms with Crippen LogP contribution in [0.2, 0.25) is 0 Å². The van der Waals surface area contributed by atoms with Gasteiger partial charge in [0.05, 0.1) is 6.04 Å². The van der Waals surface area contributed by atoms with E-state index in [-0.39, 0.29) is 18.0 Å². The highest BCUT2D eigenvalue weighted by Crippen LogP contribution is 2.36. The lowest BCUT2D eigenvalue weighted by atomic mass is 10.1. The molecule has 0 fully saturated rings. The molecule has 1 aliphatic rings. The summed E-state index contributed by atoms with van der Waals surface area (Å²) in [6, 6.07) is 20.1. The van der Waals surface area contributed by atoms with Crippen LogP contribution in [-0.2, 0) is 6.42 Å². The van der Waals surface area contributed by atoms with Gasteiger partial charge < -0.3 is 10.2 Å². The van der Waals surface area contributed by atoms with Crippen molar-refractivity contribution in [3.05, 3.63) is 83.2 Å². The number of carbonyl (C=O) groups is 1. The molecule has 1 amide bonds. The number of nitrogens with one attached hydrogen (secondary N) is 1. The molecule has 5 nitrogen and oxygen atoms in total. The summed E-state index contributed by atoms with van der Waals surface area (Å²) in [6.45, 7) is 6.03. The molecule has 0 radical (unpaired) electrons. The fourth-order valence-electron chi connectivity index (χ4n) is 3.74. The number of amides is 1. The molecule has 3 aromatic rings. The minimum Gasteiger partial charge on any atom is -0.344 e. The number of aromatic nitrogens is 2. The number of aryl methyl sites for hydroxylation is 1. The van der Waals surface area contributed by atoms with Crippen LogP contribution in [0.5, 0.6) is 0 Å². The molecule has 2 atom stereocenters. The Balaban J connectivity index is 1.62. The molecule has 28 heavy (non-hydrogen) atoms. The van der Waals surface area contributed by atoms with E-state index < -0.39 is 0 Å². The first-order valence-corrected chi connectivity index (χ1v) is 9.61. The average molecular weight is 372 g/mol. The molecule has 0 saturated carbocycles. The quantitative estimate of drug-likeness (QED) is 0.739. The minimum atomic E-state index is -0.191. The molecule has 0 bridgehead atoms. The summed E-state index contributed by atoms with van der Waals surface area (Å²) in [5.74, 6) is 0.387. The summed E-state index contributed by atoms with van der Waals surface area (Å²) in [7, 11) is 0. The summed E-state index contributed by atoms with van der Waals surface area (Å²) in [5.41, 5.74) is 4.62. The first-order valence-electron chi connectivity index (χ1n) is 9.61. The molecule has 0 saturated heterocycles. The molecule has 5 heteroatoms. The average Bonchev–Trinajstić information content (AvgIpc) is 3.03. The van der Waals surface area contributed by atoms with Crippen LogP contribution >= 0.6 is 0 Å². The summed E-state index contributed by atoms with van der Waals surface area (Å²) in [5, 5.41) is 3.04. The predicted octanol–water partition coefficient (Wildman–Crippen LogP) is 4.36. The number of anilines is 2. The number of hydrogen-bond acceptors (Lipinski definition) is 4. The number of benzene rings is 2. The first-order chi connectivity index (χ1) is 13.5. The van der Waals surface area contributed by atoms with Gasteiger partial charge in [0.1, 0.15) is 5.69 Å². The molecule has 0 spiro atoms. The molecule has 2 unspecified atom stereocenters. The summed E-state index contributed by atoms with van der Waals surface area (Å²) < 4.78 is 0. The Bertz CT molecular complexity index is 1000. The van der Waals surface area contributed by atoms with E-state index in [1.54, 1.807) is 6.07 Å². The molecule has 2 heterocycles. The standard InChI is InChI=1S/C23H24N4O/c1-15-13-20(22(28)25-17(3)18-9-5-4-6-10-18)26-23(24-15)27-16(2)14-19-11-7-8-12-21(19)27/h4-13,16-17H,14H2,1-3H3,(H,25,28). The van der Waals surface area contributed by atoms with E-state index in [9.17, 15) is 4.79 Å². The number of nitrogens with zero attached hydrogens (tertiary/aromatic N) is 3. The Hall–Kier alpha value is -3.21. The van der Waals surface area contributed by atoms with Crippen LogP contribution in [0.3, 0.4) is 0 Å². The molecule has 142 valence electrons. The van der Waals surface area contributed by atoms with Crippen molar-refractivity contribution in [2.45, 2.75) is 39.3 Å². The largest absolute Gasteiger partial charge is 0.344 e. The molecule has 1 aliphatic heterocycles. The van der Waals surface area contributed by atoms with Crippen molar-refractivity contribution in [2.24, 2.45) is 0 Å². The van der Waals surface area contributed by atoms with Gasteiger partial charge in [0, 0.05) is 17.4 Å². The monoisotopic (exact) mass is 372 g/mol. The van der Waals surface area contributed by atoms with Crippen molar-refractivity contribution < 1.29 is 4.79 Å². The topological polar surface area (TPSA) is 58.1 Å². The number of carbonyl (C=O) groups excluding carboxylic acids is 1. The Kier molecular flexibility index (Phi) is 4.82. The van der Waals surface area contributed by atoms with E-state index in [4.69, 9.17) is 0 Å². The number of para-hydroxylation sites is 1. The first kappa shape index (κ1) is 18.2. The van der Waals surface area contributed by atoms with Gasteiger partial charge in [0.15, 0.2) is 0 Å². The van der Waals surface area contributed by atoms with Crippen LogP contribution in [-0.4, -0.2) is 21.9 Å². The number of fused-ring (bicyclic) bond motifs is 1. The van der Waals surface area contributed by atoms with Crippen molar-refractivity contribution in [2.75, 3.05) is 4.90 Å². The number of rotatable bonds is 4. The Labute approximate surface area is 165 Å². The molecule has 1 N–H and O–H groups in total. The fraction of sp³-hybridized carbons (Fsp3) is 0.261. The van der Waals surface area contributed by atoms with Crippen molar-refractivity contribution in [3.63, 3.8) is 0 Å². The van der Waals surface area contributed by atoms with Gasteiger partial charge >= 0.3 is 0 Å². The molecule has 4 rings (SSSR count). The van der Waals surface area contributed by atoms with Gasteiger partial charge in [-0.1, -0.05) is 48.5 Å². The molecular formula is C23H24N4O. The highest BCUT2D eigenvalue weighted by molar-refractivity contribution is 5.93. The highest BCUT2D eigenvalue weighted by Gasteiger charge is 2.29. The van der Waals surface area contributed by atoms with Crippen LogP contribution in [0.25, 0.3) is 0 Å². The highest BCUT2D eigenvalue weighted by atomic mass is 16.1. The van der Waals surface area contributed by atoms with E-state index in [0.29, 0.717) is 11.6 Å². The van der Waals surface area contributed by atoms with E-state index >= 15 is 0 Å². The van der Waals surface area contributed by atoms with Crippen molar-refractivity contribution >= 4 is 17.5 Å². The Morgan fingerprint density at radius 1 is 1.11 bits per heavy atom. The van der Waals surface area contributed by atoms with Crippen LogP contribution < -0.4 is 10.2 Å². The van der Waals surface area contributed by atoms with Gasteiger partial charge in [-0.05, 0) is 50.5 Å².